The van der Waals surface area contributed by atoms with Crippen LogP contribution in [0.15, 0.2) is 0 Å². The quantitative estimate of drug-likeness (QED) is 0.756. The normalized spacial score (nSPS) is 41.4. The van der Waals surface area contributed by atoms with Crippen LogP contribution in [0.2, 0.25) is 0 Å². The van der Waals surface area contributed by atoms with E-state index in [-0.39, 0.29) is 23.3 Å². The highest BCUT2D eigenvalue weighted by Crippen LogP contribution is 2.38. The molecule has 2 fully saturated rings. The summed E-state index contributed by atoms with van der Waals surface area (Å²) in [5, 5.41) is 13.4. The van der Waals surface area contributed by atoms with Crippen LogP contribution in [0, 0.1) is 0 Å². The Bertz CT molecular complexity index is 263. The number of hydrogen-bond acceptors (Lipinski definition) is 3. The summed E-state index contributed by atoms with van der Waals surface area (Å²) in [6.07, 6.45) is 4.02. The Hall–Kier alpha value is -0.120. The molecule has 94 valence electrons. The largest absolute Gasteiger partial charge is 0.392 e. The molecule has 3 unspecified atom stereocenters. The molecule has 3 nitrogen and oxygen atoms in total. The Labute approximate surface area is 98.6 Å². The molecule has 2 rings (SSSR count). The van der Waals surface area contributed by atoms with Crippen molar-refractivity contribution in [3.05, 3.63) is 0 Å². The van der Waals surface area contributed by atoms with Gasteiger partial charge in [0.1, 0.15) is 0 Å². The molecular formula is C13H25NO2. The molecule has 0 aromatic heterocycles. The lowest BCUT2D eigenvalue weighted by molar-refractivity contribution is -0.0710. The zero-order valence-electron chi connectivity index (χ0n) is 10.9. The molecule has 1 saturated heterocycles. The summed E-state index contributed by atoms with van der Waals surface area (Å²) in [7, 11) is 0. The van der Waals surface area contributed by atoms with Crippen LogP contribution in [0.3, 0.4) is 0 Å². The summed E-state index contributed by atoms with van der Waals surface area (Å²) in [5.41, 5.74) is -0.184. The lowest BCUT2D eigenvalue weighted by Crippen LogP contribution is -2.50. The predicted molar refractivity (Wildman–Crippen MR) is 64.4 cm³/mol. The maximum atomic E-state index is 9.85. The fourth-order valence-electron chi connectivity index (χ4n) is 3.22. The van der Waals surface area contributed by atoms with Crippen molar-refractivity contribution in [1.29, 1.82) is 0 Å². The molecule has 0 radical (unpaired) electrons. The van der Waals surface area contributed by atoms with Gasteiger partial charge in [-0.05, 0) is 53.4 Å². The van der Waals surface area contributed by atoms with Crippen molar-refractivity contribution in [1.82, 2.24) is 5.32 Å². The van der Waals surface area contributed by atoms with Crippen molar-refractivity contribution in [2.45, 2.75) is 82.8 Å². The molecule has 3 atom stereocenters. The zero-order valence-corrected chi connectivity index (χ0v) is 10.9. The Morgan fingerprint density at radius 2 is 1.88 bits per heavy atom. The molecule has 0 bridgehead atoms. The molecule has 0 spiro atoms. The average Bonchev–Trinajstić information content (AvgIpc) is 2.56. The fraction of sp³-hybridized carbons (Fsp3) is 1.00. The minimum absolute atomic E-state index is 0.0509. The standard InChI is InChI=1S/C13H25NO2/c1-12(2)8-11(13(3,4)16-12)14-9-6-5-7-10(9)15/h9-11,14-15H,5-8H2,1-4H3. The van der Waals surface area contributed by atoms with Crippen molar-refractivity contribution in [2.75, 3.05) is 0 Å². The van der Waals surface area contributed by atoms with Gasteiger partial charge < -0.3 is 15.2 Å². The van der Waals surface area contributed by atoms with Crippen LogP contribution < -0.4 is 5.32 Å². The van der Waals surface area contributed by atoms with Gasteiger partial charge in [0.2, 0.25) is 0 Å². The van der Waals surface area contributed by atoms with E-state index in [2.05, 4.69) is 33.0 Å². The highest BCUT2D eigenvalue weighted by molar-refractivity contribution is 5.01. The summed E-state index contributed by atoms with van der Waals surface area (Å²) in [6.45, 7) is 8.56. The van der Waals surface area contributed by atoms with Crippen molar-refractivity contribution < 1.29 is 9.84 Å². The van der Waals surface area contributed by atoms with Gasteiger partial charge in [-0.3, -0.25) is 0 Å². The highest BCUT2D eigenvalue weighted by Gasteiger charge is 2.47. The van der Waals surface area contributed by atoms with Crippen LogP contribution in [0.5, 0.6) is 0 Å². The van der Waals surface area contributed by atoms with Crippen LogP contribution in [0.4, 0.5) is 0 Å². The van der Waals surface area contributed by atoms with Crippen molar-refractivity contribution >= 4 is 0 Å². The number of ether oxygens (including phenoxy) is 1. The van der Waals surface area contributed by atoms with Gasteiger partial charge >= 0.3 is 0 Å². The van der Waals surface area contributed by atoms with E-state index in [9.17, 15) is 5.11 Å². The summed E-state index contributed by atoms with van der Waals surface area (Å²) in [6, 6.07) is 0.613. The first-order chi connectivity index (χ1) is 7.30. The van der Waals surface area contributed by atoms with E-state index in [1.165, 1.54) is 0 Å². The average molecular weight is 227 g/mol. The SMILES string of the molecule is CC1(C)CC(NC2CCCC2O)C(C)(C)O1. The maximum Gasteiger partial charge on any atom is 0.0787 e. The Morgan fingerprint density at radius 1 is 1.19 bits per heavy atom. The Kier molecular flexibility index (Phi) is 3.06. The number of hydrogen-bond donors (Lipinski definition) is 2. The first-order valence-electron chi connectivity index (χ1n) is 6.44. The number of rotatable bonds is 2. The van der Waals surface area contributed by atoms with Gasteiger partial charge in [0.25, 0.3) is 0 Å². The Balaban J connectivity index is 1.99. The second-order valence-electron chi connectivity index (χ2n) is 6.49. The van der Waals surface area contributed by atoms with E-state index in [1.807, 2.05) is 0 Å². The molecule has 1 aliphatic heterocycles. The minimum atomic E-state index is -0.167. The molecule has 16 heavy (non-hydrogen) atoms. The first-order valence-corrected chi connectivity index (χ1v) is 6.44. The van der Waals surface area contributed by atoms with Gasteiger partial charge in [0.05, 0.1) is 17.3 Å². The molecule has 2 aliphatic rings. The molecular weight excluding hydrogens is 202 g/mol. The van der Waals surface area contributed by atoms with Gasteiger partial charge in [0.15, 0.2) is 0 Å². The van der Waals surface area contributed by atoms with Crippen LogP contribution in [0.25, 0.3) is 0 Å². The summed E-state index contributed by atoms with van der Waals surface area (Å²) in [5.74, 6) is 0. The minimum Gasteiger partial charge on any atom is -0.392 e. The fourth-order valence-corrected chi connectivity index (χ4v) is 3.22. The second-order valence-corrected chi connectivity index (χ2v) is 6.49. The topological polar surface area (TPSA) is 41.5 Å². The first kappa shape index (κ1) is 12.3. The van der Waals surface area contributed by atoms with Crippen LogP contribution in [-0.2, 0) is 4.74 Å². The Morgan fingerprint density at radius 3 is 2.31 bits per heavy atom. The molecule has 1 aliphatic carbocycles. The van der Waals surface area contributed by atoms with Crippen LogP contribution in [0.1, 0.15) is 53.4 Å². The summed E-state index contributed by atoms with van der Waals surface area (Å²) >= 11 is 0. The van der Waals surface area contributed by atoms with E-state index in [4.69, 9.17) is 4.74 Å². The third-order valence-electron chi connectivity index (χ3n) is 3.97. The van der Waals surface area contributed by atoms with Crippen molar-refractivity contribution in [3.8, 4) is 0 Å². The highest BCUT2D eigenvalue weighted by atomic mass is 16.5. The molecule has 0 aromatic carbocycles. The number of aliphatic hydroxyl groups excluding tert-OH is 1. The van der Waals surface area contributed by atoms with Gasteiger partial charge in [0, 0.05) is 12.1 Å². The van der Waals surface area contributed by atoms with Crippen LogP contribution >= 0.6 is 0 Å². The second kappa shape index (κ2) is 3.97. The monoisotopic (exact) mass is 227 g/mol. The number of aliphatic hydroxyl groups is 1. The predicted octanol–water partition coefficient (Wildman–Crippen LogP) is 1.84. The van der Waals surface area contributed by atoms with E-state index >= 15 is 0 Å². The molecule has 0 amide bonds. The molecule has 0 aromatic rings. The van der Waals surface area contributed by atoms with E-state index < -0.39 is 0 Å². The van der Waals surface area contributed by atoms with Gasteiger partial charge in [-0.2, -0.15) is 0 Å². The molecule has 1 heterocycles. The third-order valence-corrected chi connectivity index (χ3v) is 3.97. The van der Waals surface area contributed by atoms with E-state index in [0.717, 1.165) is 25.7 Å². The maximum absolute atomic E-state index is 9.85. The summed E-state index contributed by atoms with van der Waals surface area (Å²) in [4.78, 5) is 0. The molecule has 1 saturated carbocycles. The molecule has 3 heteroatoms. The lowest BCUT2D eigenvalue weighted by atomic mass is 9.93. The van der Waals surface area contributed by atoms with Gasteiger partial charge in [-0.1, -0.05) is 0 Å². The van der Waals surface area contributed by atoms with Crippen molar-refractivity contribution in [2.24, 2.45) is 0 Å². The zero-order chi connectivity index (χ0) is 12.0. The van der Waals surface area contributed by atoms with Crippen LogP contribution in [-0.4, -0.2) is 34.5 Å². The number of nitrogens with one attached hydrogen (secondary N) is 1. The van der Waals surface area contributed by atoms with Crippen molar-refractivity contribution in [3.63, 3.8) is 0 Å². The van der Waals surface area contributed by atoms with Gasteiger partial charge in [-0.15, -0.1) is 0 Å². The van der Waals surface area contributed by atoms with E-state index in [1.54, 1.807) is 0 Å². The third kappa shape index (κ3) is 2.41. The molecule has 2 N–H and O–H groups in total. The lowest BCUT2D eigenvalue weighted by Gasteiger charge is -2.30. The van der Waals surface area contributed by atoms with E-state index in [0.29, 0.717) is 6.04 Å². The van der Waals surface area contributed by atoms with Gasteiger partial charge in [-0.25, -0.2) is 0 Å². The summed E-state index contributed by atoms with van der Waals surface area (Å²) < 4.78 is 6.05. The smallest absolute Gasteiger partial charge is 0.0787 e.